The summed E-state index contributed by atoms with van der Waals surface area (Å²) in [7, 11) is 1.51. The van der Waals surface area contributed by atoms with E-state index in [0.717, 1.165) is 44.1 Å². The molecular weight excluding hydrogens is 498 g/mol. The summed E-state index contributed by atoms with van der Waals surface area (Å²) >= 11 is 0. The highest BCUT2D eigenvalue weighted by molar-refractivity contribution is 6.06. The largest absolute Gasteiger partial charge is 0.374 e. The lowest BCUT2D eigenvalue weighted by atomic mass is 9.79. The molecule has 0 bridgehead atoms. The molecule has 202 valence electrons. The highest BCUT2D eigenvalue weighted by Crippen LogP contribution is 2.56. The van der Waals surface area contributed by atoms with Crippen molar-refractivity contribution in [1.29, 1.82) is 0 Å². The topological polar surface area (TPSA) is 146 Å². The highest BCUT2D eigenvalue weighted by atomic mass is 16.6. The van der Waals surface area contributed by atoms with E-state index >= 15 is 0 Å². The average molecular weight is 530 g/mol. The van der Waals surface area contributed by atoms with Gasteiger partial charge >= 0.3 is 0 Å². The van der Waals surface area contributed by atoms with E-state index in [0.29, 0.717) is 17.3 Å². The third-order valence-electron chi connectivity index (χ3n) is 8.58. The number of hydrogen-bond donors (Lipinski definition) is 4. The molecule has 1 spiro atoms. The van der Waals surface area contributed by atoms with Crippen molar-refractivity contribution in [2.45, 2.75) is 62.9 Å². The van der Waals surface area contributed by atoms with E-state index < -0.39 is 10.8 Å². The number of hydrogen-bond acceptors (Lipinski definition) is 6. The monoisotopic (exact) mass is 529 g/mol. The van der Waals surface area contributed by atoms with E-state index in [2.05, 4.69) is 20.9 Å². The Balaban J connectivity index is 1.35. The zero-order valence-electron chi connectivity index (χ0n) is 21.7. The number of amides is 2. The first-order valence-corrected chi connectivity index (χ1v) is 13.5. The van der Waals surface area contributed by atoms with Crippen LogP contribution in [-0.2, 0) is 0 Å². The Labute approximate surface area is 224 Å². The van der Waals surface area contributed by atoms with Crippen LogP contribution >= 0.6 is 0 Å². The molecule has 0 radical (unpaired) electrons. The Bertz CT molecular complexity index is 1560. The lowest BCUT2D eigenvalue weighted by molar-refractivity contribution is -0.384. The molecule has 3 saturated carbocycles. The fourth-order valence-electron chi connectivity index (χ4n) is 6.06. The number of rotatable bonds is 7. The van der Waals surface area contributed by atoms with Gasteiger partial charge in [-0.1, -0.05) is 18.2 Å². The molecule has 3 aromatic rings. The predicted molar refractivity (Wildman–Crippen MR) is 147 cm³/mol. The number of fused-ring (bicyclic) bond motifs is 1. The number of carbonyl (C=O) groups excluding carboxylic acids is 2. The molecule has 3 aliphatic rings. The third kappa shape index (κ3) is 4.86. The number of nitro benzene ring substituents is 1. The van der Waals surface area contributed by atoms with Crippen LogP contribution in [0.25, 0.3) is 10.9 Å². The number of aromatic amines is 1. The fraction of sp³-hybridized carbons (Fsp3) is 0.414. The van der Waals surface area contributed by atoms with Crippen LogP contribution in [0.1, 0.15) is 77.1 Å². The van der Waals surface area contributed by atoms with Gasteiger partial charge < -0.3 is 20.9 Å². The Morgan fingerprint density at radius 1 is 1.00 bits per heavy atom. The van der Waals surface area contributed by atoms with E-state index in [4.69, 9.17) is 0 Å². The molecule has 4 N–H and O–H groups in total. The zero-order valence-corrected chi connectivity index (χ0v) is 21.7. The van der Waals surface area contributed by atoms with Gasteiger partial charge in [0.25, 0.3) is 17.5 Å². The number of aromatic nitrogens is 1. The quantitative estimate of drug-likeness (QED) is 0.266. The number of pyridine rings is 1. The molecule has 10 heteroatoms. The highest BCUT2D eigenvalue weighted by Gasteiger charge is 2.49. The van der Waals surface area contributed by atoms with Gasteiger partial charge in [-0.15, -0.1) is 0 Å². The molecule has 3 fully saturated rings. The van der Waals surface area contributed by atoms with Crippen LogP contribution in [0.5, 0.6) is 0 Å². The number of nitrogens with one attached hydrogen (secondary N) is 4. The Kier molecular flexibility index (Phi) is 6.12. The van der Waals surface area contributed by atoms with Gasteiger partial charge in [0.05, 0.1) is 16.1 Å². The van der Waals surface area contributed by atoms with Crippen molar-refractivity contribution in [3.05, 3.63) is 79.6 Å². The standard InChI is InChI=1S/C29H31N5O5/c1-30-27(36)20-12-17(16-6-7-16)13-24(34(38)39)26(20)32-22-8-9-29(10-11-29)15-23(22)33-28(37)19-14-25(35)31-21-5-3-2-4-18(19)21/h2-5,12-14,16,22-23,32H,6-11,15H2,1H3,(H,30,36)(H,31,35)(H,33,37)/t22-,23+/m1/s1. The van der Waals surface area contributed by atoms with Crippen LogP contribution < -0.4 is 21.5 Å². The van der Waals surface area contributed by atoms with E-state index in [9.17, 15) is 24.5 Å². The first kappa shape index (κ1) is 25.1. The SMILES string of the molecule is CNC(=O)c1cc(C2CC2)cc([N+](=O)[O-])c1N[C@@H]1CCC2(CC2)C[C@@H]1NC(=O)c1cc(=O)[nH]c2ccccc12. The summed E-state index contributed by atoms with van der Waals surface area (Å²) in [5.41, 5.74) is 1.76. The molecule has 1 aromatic heterocycles. The van der Waals surface area contributed by atoms with Gasteiger partial charge in [0.1, 0.15) is 5.69 Å². The molecule has 0 unspecified atom stereocenters. The molecule has 3 aliphatic carbocycles. The predicted octanol–water partition coefficient (Wildman–Crippen LogP) is 4.22. The Morgan fingerprint density at radius 3 is 2.46 bits per heavy atom. The molecule has 0 saturated heterocycles. The van der Waals surface area contributed by atoms with Crippen molar-refractivity contribution in [3.63, 3.8) is 0 Å². The summed E-state index contributed by atoms with van der Waals surface area (Å²) in [5, 5.41) is 21.9. The van der Waals surface area contributed by atoms with Crippen LogP contribution in [-0.4, -0.2) is 40.9 Å². The first-order valence-electron chi connectivity index (χ1n) is 13.5. The molecule has 0 aliphatic heterocycles. The number of carbonyl (C=O) groups is 2. The Hall–Kier alpha value is -4.21. The summed E-state index contributed by atoms with van der Waals surface area (Å²) in [6, 6.07) is 11.1. The maximum Gasteiger partial charge on any atom is 0.293 e. The number of nitro groups is 1. The van der Waals surface area contributed by atoms with Crippen molar-refractivity contribution in [2.24, 2.45) is 5.41 Å². The maximum atomic E-state index is 13.6. The van der Waals surface area contributed by atoms with Crippen LogP contribution in [0, 0.1) is 15.5 Å². The van der Waals surface area contributed by atoms with Crippen LogP contribution in [0.4, 0.5) is 11.4 Å². The molecule has 6 rings (SSSR count). The second-order valence-electron chi connectivity index (χ2n) is 11.2. The summed E-state index contributed by atoms with van der Waals surface area (Å²) in [4.78, 5) is 53.2. The number of para-hydroxylation sites is 1. The summed E-state index contributed by atoms with van der Waals surface area (Å²) in [5.74, 6) is -0.522. The third-order valence-corrected chi connectivity index (χ3v) is 8.58. The van der Waals surface area contributed by atoms with Crippen LogP contribution in [0.15, 0.2) is 47.3 Å². The summed E-state index contributed by atoms with van der Waals surface area (Å²) in [6.07, 6.45) is 6.42. The zero-order chi connectivity index (χ0) is 27.3. The van der Waals surface area contributed by atoms with Gasteiger partial charge in [0, 0.05) is 42.2 Å². The second kappa shape index (κ2) is 9.52. The van der Waals surface area contributed by atoms with E-state index in [1.54, 1.807) is 30.3 Å². The van der Waals surface area contributed by atoms with E-state index in [1.165, 1.54) is 13.1 Å². The van der Waals surface area contributed by atoms with E-state index in [-0.39, 0.29) is 57.4 Å². The van der Waals surface area contributed by atoms with Crippen molar-refractivity contribution < 1.29 is 14.5 Å². The summed E-state index contributed by atoms with van der Waals surface area (Å²) < 4.78 is 0. The lowest BCUT2D eigenvalue weighted by Gasteiger charge is -2.38. The van der Waals surface area contributed by atoms with E-state index in [1.807, 2.05) is 6.07 Å². The molecule has 10 nitrogen and oxygen atoms in total. The molecule has 2 atom stereocenters. The van der Waals surface area contributed by atoms with Gasteiger partial charge in [0.15, 0.2) is 0 Å². The lowest BCUT2D eigenvalue weighted by Crippen LogP contribution is -2.51. The second-order valence-corrected chi connectivity index (χ2v) is 11.2. The average Bonchev–Trinajstić information content (AvgIpc) is 3.86. The van der Waals surface area contributed by atoms with Crippen molar-refractivity contribution in [1.82, 2.24) is 15.6 Å². The van der Waals surface area contributed by atoms with Crippen molar-refractivity contribution >= 4 is 34.1 Å². The summed E-state index contributed by atoms with van der Waals surface area (Å²) in [6.45, 7) is 0. The normalized spacial score (nSPS) is 21.4. The number of nitrogens with zero attached hydrogens (tertiary/aromatic N) is 1. The van der Waals surface area contributed by atoms with Crippen molar-refractivity contribution in [3.8, 4) is 0 Å². The molecule has 1 heterocycles. The number of anilines is 1. The van der Waals surface area contributed by atoms with Gasteiger partial charge in [0.2, 0.25) is 5.56 Å². The molecule has 2 aromatic carbocycles. The first-order chi connectivity index (χ1) is 18.8. The van der Waals surface area contributed by atoms with Gasteiger partial charge in [-0.05, 0) is 74.0 Å². The Morgan fingerprint density at radius 2 is 1.77 bits per heavy atom. The molecule has 2 amide bonds. The number of H-pyrrole nitrogens is 1. The molecular formula is C29H31N5O5. The van der Waals surface area contributed by atoms with Crippen LogP contribution in [0.3, 0.4) is 0 Å². The fourth-order valence-corrected chi connectivity index (χ4v) is 6.06. The number of benzene rings is 2. The van der Waals surface area contributed by atoms with Crippen LogP contribution in [0.2, 0.25) is 0 Å². The van der Waals surface area contributed by atoms with Gasteiger partial charge in [-0.2, -0.15) is 0 Å². The minimum absolute atomic E-state index is 0.129. The molecule has 39 heavy (non-hydrogen) atoms. The van der Waals surface area contributed by atoms with Crippen molar-refractivity contribution in [2.75, 3.05) is 12.4 Å². The minimum atomic E-state index is -0.443. The maximum absolute atomic E-state index is 13.6. The smallest absolute Gasteiger partial charge is 0.293 e. The van der Waals surface area contributed by atoms with Gasteiger partial charge in [-0.25, -0.2) is 0 Å². The minimum Gasteiger partial charge on any atom is -0.374 e. The van der Waals surface area contributed by atoms with Gasteiger partial charge in [-0.3, -0.25) is 24.5 Å².